The monoisotopic (exact) mass is 212 g/mol. The minimum Gasteiger partial charge on any atom is -0.212 e. The number of rotatable bonds is 4. The second-order valence-electron chi connectivity index (χ2n) is 3.04. The predicted molar refractivity (Wildman–Crippen MR) is 57.2 cm³/mol. The van der Waals surface area contributed by atoms with Crippen LogP contribution in [-0.4, -0.2) is 14.2 Å². The van der Waals surface area contributed by atoms with Crippen molar-refractivity contribution in [3.63, 3.8) is 0 Å². The van der Waals surface area contributed by atoms with Crippen LogP contribution in [0.15, 0.2) is 24.3 Å². The quantitative estimate of drug-likeness (QED) is 0.818. The third-order valence-electron chi connectivity index (χ3n) is 1.90. The van der Waals surface area contributed by atoms with Gasteiger partial charge in [0.25, 0.3) is 0 Å². The Morgan fingerprint density at radius 2 is 1.86 bits per heavy atom. The standard InChI is InChI=1S/C10H14NO2S/c1-3-14(12,13)11-8-10-6-4-9(2)5-7-10/h4-7,11H,2-3,8H2,1H3. The lowest BCUT2D eigenvalue weighted by atomic mass is 10.2. The number of hydrogen-bond acceptors (Lipinski definition) is 2. The van der Waals surface area contributed by atoms with E-state index >= 15 is 0 Å². The summed E-state index contributed by atoms with van der Waals surface area (Å²) in [5, 5.41) is 0. The van der Waals surface area contributed by atoms with Crippen LogP contribution in [-0.2, 0) is 16.6 Å². The highest BCUT2D eigenvalue weighted by molar-refractivity contribution is 7.89. The Bertz CT molecular complexity index is 381. The van der Waals surface area contributed by atoms with Crippen molar-refractivity contribution < 1.29 is 8.42 Å². The Kier molecular flexibility index (Phi) is 3.66. The van der Waals surface area contributed by atoms with Crippen LogP contribution in [0.2, 0.25) is 0 Å². The molecule has 0 saturated heterocycles. The van der Waals surface area contributed by atoms with E-state index in [-0.39, 0.29) is 5.75 Å². The van der Waals surface area contributed by atoms with Gasteiger partial charge < -0.3 is 0 Å². The van der Waals surface area contributed by atoms with E-state index in [0.717, 1.165) is 11.1 Å². The van der Waals surface area contributed by atoms with Gasteiger partial charge in [-0.2, -0.15) is 0 Å². The molecule has 0 spiro atoms. The topological polar surface area (TPSA) is 46.2 Å². The SMILES string of the molecule is [CH2]c1ccc(CNS(=O)(=O)CC)cc1. The molecular weight excluding hydrogens is 198 g/mol. The van der Waals surface area contributed by atoms with E-state index in [0.29, 0.717) is 6.54 Å². The number of sulfonamides is 1. The molecule has 1 radical (unpaired) electrons. The molecule has 4 heteroatoms. The molecule has 0 heterocycles. The number of benzene rings is 1. The average Bonchev–Trinajstić information content (AvgIpc) is 2.17. The van der Waals surface area contributed by atoms with Gasteiger partial charge in [-0.25, -0.2) is 13.1 Å². The molecule has 1 N–H and O–H groups in total. The summed E-state index contributed by atoms with van der Waals surface area (Å²) in [7, 11) is -3.09. The minimum atomic E-state index is -3.09. The van der Waals surface area contributed by atoms with Crippen molar-refractivity contribution in [1.82, 2.24) is 4.72 Å². The first-order chi connectivity index (χ1) is 6.53. The lowest BCUT2D eigenvalue weighted by Gasteiger charge is -2.04. The van der Waals surface area contributed by atoms with Crippen LogP contribution in [0.3, 0.4) is 0 Å². The largest absolute Gasteiger partial charge is 0.212 e. The lowest BCUT2D eigenvalue weighted by Crippen LogP contribution is -2.24. The predicted octanol–water partition coefficient (Wildman–Crippen LogP) is 1.31. The fourth-order valence-corrected chi connectivity index (χ4v) is 1.54. The molecule has 0 atom stereocenters. The van der Waals surface area contributed by atoms with Crippen molar-refractivity contribution in [2.75, 3.05) is 5.75 Å². The molecule has 0 amide bonds. The van der Waals surface area contributed by atoms with Crippen molar-refractivity contribution in [1.29, 1.82) is 0 Å². The molecule has 1 aromatic rings. The summed E-state index contributed by atoms with van der Waals surface area (Å²) in [4.78, 5) is 0. The first-order valence-electron chi connectivity index (χ1n) is 4.42. The highest BCUT2D eigenvalue weighted by Gasteiger charge is 2.04. The Labute approximate surface area is 85.2 Å². The molecule has 0 saturated carbocycles. The van der Waals surface area contributed by atoms with Gasteiger partial charge in [0.2, 0.25) is 10.0 Å². The minimum absolute atomic E-state index is 0.112. The molecule has 0 unspecified atom stereocenters. The third kappa shape index (κ3) is 3.47. The van der Waals surface area contributed by atoms with E-state index in [2.05, 4.69) is 11.6 Å². The van der Waals surface area contributed by atoms with Crippen LogP contribution in [0.4, 0.5) is 0 Å². The first kappa shape index (κ1) is 11.2. The molecule has 0 aliphatic carbocycles. The summed E-state index contributed by atoms with van der Waals surface area (Å²) in [6.07, 6.45) is 0. The van der Waals surface area contributed by atoms with Gasteiger partial charge >= 0.3 is 0 Å². The maximum Gasteiger partial charge on any atom is 0.211 e. The van der Waals surface area contributed by atoms with Gasteiger partial charge in [-0.3, -0.25) is 0 Å². The molecule has 0 aliphatic heterocycles. The zero-order valence-corrected chi connectivity index (χ0v) is 8.97. The van der Waals surface area contributed by atoms with Crippen molar-refractivity contribution in [2.45, 2.75) is 13.5 Å². The first-order valence-corrected chi connectivity index (χ1v) is 6.07. The van der Waals surface area contributed by atoms with Crippen LogP contribution in [0, 0.1) is 6.92 Å². The van der Waals surface area contributed by atoms with Crippen molar-refractivity contribution in [2.24, 2.45) is 0 Å². The molecule has 77 valence electrons. The van der Waals surface area contributed by atoms with E-state index in [1.165, 1.54) is 0 Å². The second-order valence-corrected chi connectivity index (χ2v) is 5.14. The van der Waals surface area contributed by atoms with Gasteiger partial charge in [0, 0.05) is 6.54 Å². The zero-order valence-electron chi connectivity index (χ0n) is 8.16. The Hall–Kier alpha value is -0.870. The zero-order chi connectivity index (χ0) is 10.6. The smallest absolute Gasteiger partial charge is 0.211 e. The van der Waals surface area contributed by atoms with Crippen molar-refractivity contribution in [3.05, 3.63) is 42.3 Å². The van der Waals surface area contributed by atoms with Crippen LogP contribution < -0.4 is 4.72 Å². The van der Waals surface area contributed by atoms with Crippen molar-refractivity contribution in [3.8, 4) is 0 Å². The second kappa shape index (κ2) is 4.57. The van der Waals surface area contributed by atoms with E-state index in [1.54, 1.807) is 6.92 Å². The number of hydrogen-bond donors (Lipinski definition) is 1. The molecule has 0 aromatic heterocycles. The van der Waals surface area contributed by atoms with E-state index < -0.39 is 10.0 Å². The maximum atomic E-state index is 11.1. The lowest BCUT2D eigenvalue weighted by molar-refractivity contribution is 0.582. The summed E-state index contributed by atoms with van der Waals surface area (Å²) >= 11 is 0. The maximum absolute atomic E-state index is 11.1. The van der Waals surface area contributed by atoms with Gasteiger partial charge in [-0.1, -0.05) is 24.3 Å². The molecule has 14 heavy (non-hydrogen) atoms. The summed E-state index contributed by atoms with van der Waals surface area (Å²) in [6, 6.07) is 7.44. The number of nitrogens with one attached hydrogen (secondary N) is 1. The third-order valence-corrected chi connectivity index (χ3v) is 3.24. The van der Waals surface area contributed by atoms with Crippen molar-refractivity contribution >= 4 is 10.0 Å². The Morgan fingerprint density at radius 1 is 1.29 bits per heavy atom. The molecule has 0 fully saturated rings. The van der Waals surface area contributed by atoms with Crippen LogP contribution in [0.25, 0.3) is 0 Å². The molecular formula is C10H14NO2S. The average molecular weight is 212 g/mol. The Balaban J connectivity index is 2.59. The van der Waals surface area contributed by atoms with Crippen LogP contribution in [0.1, 0.15) is 18.1 Å². The fraction of sp³-hybridized carbons (Fsp3) is 0.300. The summed E-state index contributed by atoms with van der Waals surface area (Å²) in [6.45, 7) is 5.70. The summed E-state index contributed by atoms with van der Waals surface area (Å²) in [5.41, 5.74) is 1.86. The van der Waals surface area contributed by atoms with E-state index in [4.69, 9.17) is 0 Å². The van der Waals surface area contributed by atoms with Gasteiger partial charge in [0.05, 0.1) is 5.75 Å². The molecule has 1 rings (SSSR count). The van der Waals surface area contributed by atoms with Gasteiger partial charge in [0.1, 0.15) is 0 Å². The van der Waals surface area contributed by atoms with Crippen LogP contribution in [0.5, 0.6) is 0 Å². The normalized spacial score (nSPS) is 11.6. The molecule has 0 aliphatic rings. The molecule has 1 aromatic carbocycles. The Morgan fingerprint density at radius 3 is 2.36 bits per heavy atom. The highest BCUT2D eigenvalue weighted by Crippen LogP contribution is 2.02. The molecule has 0 bridgehead atoms. The van der Waals surface area contributed by atoms with Gasteiger partial charge in [-0.05, 0) is 25.0 Å². The summed E-state index contributed by atoms with van der Waals surface area (Å²) in [5.74, 6) is 0.112. The van der Waals surface area contributed by atoms with Gasteiger partial charge in [0.15, 0.2) is 0 Å². The van der Waals surface area contributed by atoms with Gasteiger partial charge in [-0.15, -0.1) is 0 Å². The molecule has 3 nitrogen and oxygen atoms in total. The fourth-order valence-electron chi connectivity index (χ4n) is 0.952. The highest BCUT2D eigenvalue weighted by atomic mass is 32.2. The van der Waals surface area contributed by atoms with E-state index in [1.807, 2.05) is 24.3 Å². The van der Waals surface area contributed by atoms with E-state index in [9.17, 15) is 8.42 Å². The summed E-state index contributed by atoms with van der Waals surface area (Å²) < 4.78 is 24.7. The van der Waals surface area contributed by atoms with Crippen LogP contribution >= 0.6 is 0 Å².